The molecular formula is C15H29N3O. The van der Waals surface area contributed by atoms with Gasteiger partial charge in [0.2, 0.25) is 5.91 Å². The molecule has 0 aromatic carbocycles. The van der Waals surface area contributed by atoms with E-state index in [-0.39, 0.29) is 17.9 Å². The Labute approximate surface area is 117 Å². The monoisotopic (exact) mass is 267 g/mol. The second-order valence-electron chi connectivity index (χ2n) is 6.57. The molecular weight excluding hydrogens is 238 g/mol. The van der Waals surface area contributed by atoms with Crippen LogP contribution in [-0.4, -0.2) is 42.5 Å². The predicted octanol–water partition coefficient (Wildman–Crippen LogP) is 1.35. The van der Waals surface area contributed by atoms with Crippen LogP contribution in [0.15, 0.2) is 0 Å². The van der Waals surface area contributed by atoms with Crippen molar-refractivity contribution >= 4 is 5.91 Å². The van der Waals surface area contributed by atoms with Crippen LogP contribution in [0.5, 0.6) is 0 Å². The molecule has 19 heavy (non-hydrogen) atoms. The van der Waals surface area contributed by atoms with E-state index in [2.05, 4.69) is 24.1 Å². The van der Waals surface area contributed by atoms with Gasteiger partial charge in [0.05, 0.1) is 0 Å². The summed E-state index contributed by atoms with van der Waals surface area (Å²) in [5.74, 6) is 0.828. The summed E-state index contributed by atoms with van der Waals surface area (Å²) in [6.07, 6.45) is 5.53. The van der Waals surface area contributed by atoms with Crippen LogP contribution in [-0.2, 0) is 4.79 Å². The molecule has 4 nitrogen and oxygen atoms in total. The van der Waals surface area contributed by atoms with Crippen molar-refractivity contribution in [1.82, 2.24) is 10.2 Å². The van der Waals surface area contributed by atoms with E-state index in [0.29, 0.717) is 12.0 Å². The summed E-state index contributed by atoms with van der Waals surface area (Å²) in [5.41, 5.74) is 5.96. The predicted molar refractivity (Wildman–Crippen MR) is 77.8 cm³/mol. The summed E-state index contributed by atoms with van der Waals surface area (Å²) in [4.78, 5) is 14.8. The topological polar surface area (TPSA) is 58.4 Å². The molecule has 1 aliphatic carbocycles. The zero-order chi connectivity index (χ0) is 13.8. The number of likely N-dealkylation sites (tertiary alicyclic amines) is 1. The van der Waals surface area contributed by atoms with Crippen LogP contribution in [0.3, 0.4) is 0 Å². The summed E-state index contributed by atoms with van der Waals surface area (Å²) < 4.78 is 0. The number of nitrogens with two attached hydrogens (primary N) is 1. The molecule has 0 radical (unpaired) electrons. The molecule has 1 amide bonds. The van der Waals surface area contributed by atoms with Crippen LogP contribution >= 0.6 is 0 Å². The molecule has 4 heteroatoms. The third kappa shape index (κ3) is 4.18. The lowest BCUT2D eigenvalue weighted by atomic mass is 9.77. The van der Waals surface area contributed by atoms with E-state index in [1.165, 1.54) is 25.9 Å². The van der Waals surface area contributed by atoms with Gasteiger partial charge in [-0.2, -0.15) is 0 Å². The van der Waals surface area contributed by atoms with Crippen LogP contribution in [0.25, 0.3) is 0 Å². The lowest BCUT2D eigenvalue weighted by molar-refractivity contribution is -0.128. The van der Waals surface area contributed by atoms with Gasteiger partial charge < -0.3 is 16.0 Å². The van der Waals surface area contributed by atoms with Crippen molar-refractivity contribution in [2.24, 2.45) is 17.6 Å². The fraction of sp³-hybridized carbons (Fsp3) is 0.933. The lowest BCUT2D eigenvalue weighted by Crippen LogP contribution is -2.46. The van der Waals surface area contributed by atoms with Crippen LogP contribution < -0.4 is 11.1 Å². The number of carbonyl (C=O) groups excluding carboxylic acids is 1. The second-order valence-corrected chi connectivity index (χ2v) is 6.57. The van der Waals surface area contributed by atoms with E-state index >= 15 is 0 Å². The average molecular weight is 267 g/mol. The van der Waals surface area contributed by atoms with Crippen LogP contribution in [0.1, 0.15) is 46.0 Å². The molecule has 2 rings (SSSR count). The van der Waals surface area contributed by atoms with Gasteiger partial charge in [0, 0.05) is 24.5 Å². The number of nitrogens with one attached hydrogen (secondary N) is 1. The zero-order valence-electron chi connectivity index (χ0n) is 12.4. The Morgan fingerprint density at radius 2 is 2.05 bits per heavy atom. The maximum absolute atomic E-state index is 12.3. The molecule has 3 N–H and O–H groups in total. The molecule has 0 aromatic heterocycles. The van der Waals surface area contributed by atoms with Gasteiger partial charge in [-0.3, -0.25) is 4.79 Å². The quantitative estimate of drug-likeness (QED) is 0.808. The van der Waals surface area contributed by atoms with Crippen molar-refractivity contribution in [2.45, 2.75) is 58.0 Å². The maximum atomic E-state index is 12.3. The highest BCUT2D eigenvalue weighted by atomic mass is 16.2. The summed E-state index contributed by atoms with van der Waals surface area (Å²) >= 11 is 0. The van der Waals surface area contributed by atoms with E-state index in [0.717, 1.165) is 25.8 Å². The highest BCUT2D eigenvalue weighted by Gasteiger charge is 2.31. The number of nitrogens with zero attached hydrogens (tertiary/aromatic N) is 1. The highest BCUT2D eigenvalue weighted by Crippen LogP contribution is 2.29. The largest absolute Gasteiger partial charge is 0.352 e. The van der Waals surface area contributed by atoms with Gasteiger partial charge in [-0.15, -0.1) is 0 Å². The molecule has 0 spiro atoms. The zero-order valence-corrected chi connectivity index (χ0v) is 12.4. The molecule has 1 aliphatic heterocycles. The summed E-state index contributed by atoms with van der Waals surface area (Å²) in [7, 11) is 0. The van der Waals surface area contributed by atoms with Gasteiger partial charge in [0.1, 0.15) is 0 Å². The smallest absolute Gasteiger partial charge is 0.223 e. The van der Waals surface area contributed by atoms with Gasteiger partial charge >= 0.3 is 0 Å². The molecule has 0 aromatic rings. The number of rotatable bonds is 4. The minimum atomic E-state index is 0.167. The molecule has 1 saturated carbocycles. The highest BCUT2D eigenvalue weighted by molar-refractivity contribution is 5.79. The van der Waals surface area contributed by atoms with E-state index in [9.17, 15) is 4.79 Å². The fourth-order valence-corrected chi connectivity index (χ4v) is 3.58. The van der Waals surface area contributed by atoms with Crippen LogP contribution in [0.2, 0.25) is 0 Å². The lowest BCUT2D eigenvalue weighted by Gasteiger charge is -2.32. The third-order valence-electron chi connectivity index (χ3n) is 4.67. The summed E-state index contributed by atoms with van der Waals surface area (Å²) in [6, 6.07) is 0.550. The molecule has 4 atom stereocenters. The first-order valence-corrected chi connectivity index (χ1v) is 7.84. The fourth-order valence-electron chi connectivity index (χ4n) is 3.58. The summed E-state index contributed by atoms with van der Waals surface area (Å²) in [6.45, 7) is 7.65. The van der Waals surface area contributed by atoms with E-state index < -0.39 is 0 Å². The number of carbonyl (C=O) groups is 1. The third-order valence-corrected chi connectivity index (χ3v) is 4.67. The molecule has 4 unspecified atom stereocenters. The van der Waals surface area contributed by atoms with Gasteiger partial charge in [-0.05, 0) is 58.0 Å². The Balaban J connectivity index is 1.76. The van der Waals surface area contributed by atoms with Crippen molar-refractivity contribution in [3.05, 3.63) is 0 Å². The minimum absolute atomic E-state index is 0.167. The first-order valence-electron chi connectivity index (χ1n) is 7.84. The molecule has 1 heterocycles. The SMILES string of the molecule is CC(CN1CCCC1)NC(=O)C1CCC(N)CC1C. The van der Waals surface area contributed by atoms with Crippen molar-refractivity contribution < 1.29 is 4.79 Å². The van der Waals surface area contributed by atoms with Gasteiger partial charge in [0.25, 0.3) is 0 Å². The van der Waals surface area contributed by atoms with Gasteiger partial charge in [-0.1, -0.05) is 6.92 Å². The second kappa shape index (κ2) is 6.71. The van der Waals surface area contributed by atoms with E-state index in [4.69, 9.17) is 5.73 Å². The first kappa shape index (κ1) is 14.8. The van der Waals surface area contributed by atoms with Crippen LogP contribution in [0.4, 0.5) is 0 Å². The Hall–Kier alpha value is -0.610. The number of amides is 1. The van der Waals surface area contributed by atoms with Crippen molar-refractivity contribution in [3.63, 3.8) is 0 Å². The first-order chi connectivity index (χ1) is 9.06. The Bertz CT molecular complexity index is 302. The van der Waals surface area contributed by atoms with Crippen molar-refractivity contribution in [2.75, 3.05) is 19.6 Å². The van der Waals surface area contributed by atoms with Crippen LogP contribution in [0, 0.1) is 11.8 Å². The van der Waals surface area contributed by atoms with Crippen molar-refractivity contribution in [1.29, 1.82) is 0 Å². The molecule has 2 aliphatic rings. The molecule has 0 bridgehead atoms. The standard InChI is InChI=1S/C15H29N3O/c1-11-9-13(16)5-6-14(11)15(19)17-12(2)10-18-7-3-4-8-18/h11-14H,3-10,16H2,1-2H3,(H,17,19). The van der Waals surface area contributed by atoms with Crippen molar-refractivity contribution in [3.8, 4) is 0 Å². The maximum Gasteiger partial charge on any atom is 0.223 e. The number of hydrogen-bond donors (Lipinski definition) is 2. The Morgan fingerprint density at radius 3 is 2.68 bits per heavy atom. The summed E-state index contributed by atoms with van der Waals surface area (Å²) in [5, 5.41) is 3.20. The Kier molecular flexibility index (Phi) is 5.22. The number of hydrogen-bond acceptors (Lipinski definition) is 3. The van der Waals surface area contributed by atoms with Gasteiger partial charge in [0.15, 0.2) is 0 Å². The molecule has 1 saturated heterocycles. The average Bonchev–Trinajstić information content (AvgIpc) is 2.81. The van der Waals surface area contributed by atoms with Gasteiger partial charge in [-0.25, -0.2) is 0 Å². The molecule has 110 valence electrons. The Morgan fingerprint density at radius 1 is 1.37 bits per heavy atom. The molecule has 2 fully saturated rings. The van der Waals surface area contributed by atoms with E-state index in [1.807, 2.05) is 0 Å². The van der Waals surface area contributed by atoms with E-state index in [1.54, 1.807) is 0 Å². The normalized spacial score (nSPS) is 34.2. The minimum Gasteiger partial charge on any atom is -0.352 e.